The molecule has 0 aliphatic carbocycles. The van der Waals surface area contributed by atoms with Crippen molar-refractivity contribution >= 4 is 10.8 Å². The highest BCUT2D eigenvalue weighted by Crippen LogP contribution is 2.15. The Morgan fingerprint density at radius 3 is 2.61 bits per heavy atom. The molecule has 0 aliphatic rings. The molecule has 2 aromatic rings. The first-order chi connectivity index (χ1) is 8.70. The van der Waals surface area contributed by atoms with E-state index >= 15 is 0 Å². The number of aromatic nitrogens is 3. The van der Waals surface area contributed by atoms with Gasteiger partial charge in [-0.2, -0.15) is 0 Å². The Morgan fingerprint density at radius 1 is 1.28 bits per heavy atom. The van der Waals surface area contributed by atoms with Gasteiger partial charge in [-0.3, -0.25) is 9.19 Å². The first-order valence-electron chi connectivity index (χ1n) is 5.31. The van der Waals surface area contributed by atoms with Crippen LogP contribution in [0.4, 0.5) is 0 Å². The predicted molar refractivity (Wildman–Crippen MR) is 68.3 cm³/mol. The summed E-state index contributed by atoms with van der Waals surface area (Å²) in [7, 11) is 0.464. The molecule has 94 valence electrons. The molecule has 0 spiro atoms. The van der Waals surface area contributed by atoms with Crippen molar-refractivity contribution in [2.45, 2.75) is 11.8 Å². The molecule has 2 aromatic heterocycles. The van der Waals surface area contributed by atoms with Crippen molar-refractivity contribution in [3.63, 3.8) is 0 Å². The second-order valence-electron chi connectivity index (χ2n) is 3.66. The van der Waals surface area contributed by atoms with Crippen LogP contribution in [-0.4, -0.2) is 32.5 Å². The van der Waals surface area contributed by atoms with Gasteiger partial charge in [0.15, 0.2) is 0 Å². The smallest absolute Gasteiger partial charge is 0.218 e. The van der Waals surface area contributed by atoms with E-state index in [1.165, 1.54) is 0 Å². The van der Waals surface area contributed by atoms with Gasteiger partial charge in [0.2, 0.25) is 5.16 Å². The number of pyridine rings is 1. The van der Waals surface area contributed by atoms with Gasteiger partial charge in [-0.1, -0.05) is 6.07 Å². The fourth-order valence-electron chi connectivity index (χ4n) is 1.47. The van der Waals surface area contributed by atoms with E-state index in [0.717, 1.165) is 17.0 Å². The van der Waals surface area contributed by atoms with Crippen molar-refractivity contribution in [2.75, 3.05) is 13.4 Å². The number of rotatable bonds is 4. The normalized spacial score (nSPS) is 12.3. The molecule has 2 rings (SSSR count). The average molecular weight is 263 g/mol. The molecule has 1 atom stereocenters. The van der Waals surface area contributed by atoms with Crippen LogP contribution in [0, 0.1) is 0 Å². The third-order valence-electron chi connectivity index (χ3n) is 2.28. The largest absolute Gasteiger partial charge is 0.378 e. The highest BCUT2D eigenvalue weighted by atomic mass is 32.2. The van der Waals surface area contributed by atoms with E-state index in [-0.39, 0.29) is 0 Å². The minimum absolute atomic E-state index is 0.326. The summed E-state index contributed by atoms with van der Waals surface area (Å²) >= 11 is 0. The molecule has 0 bridgehead atoms. The molecule has 0 amide bonds. The maximum atomic E-state index is 11.2. The van der Waals surface area contributed by atoms with Crippen molar-refractivity contribution in [1.29, 1.82) is 0 Å². The van der Waals surface area contributed by atoms with Crippen molar-refractivity contribution < 1.29 is 8.95 Å². The molecule has 0 saturated carbocycles. The number of nitrogens with zero attached hydrogens (tertiary/aromatic N) is 3. The maximum Gasteiger partial charge on any atom is 0.218 e. The lowest BCUT2D eigenvalue weighted by Crippen LogP contribution is -1.98. The van der Waals surface area contributed by atoms with Crippen LogP contribution in [0.5, 0.6) is 0 Å². The SMILES string of the molecule is COCc1cccc(-c2cnc(S(C)=O)nc2)n1. The summed E-state index contributed by atoms with van der Waals surface area (Å²) in [5.74, 6) is 0. The standard InChI is InChI=1S/C12H13N3O2S/c1-17-8-10-4-3-5-11(15-10)9-6-13-12(14-7-9)18(2)16/h3-7H,8H2,1-2H3. The summed E-state index contributed by atoms with van der Waals surface area (Å²) in [4.78, 5) is 12.5. The van der Waals surface area contributed by atoms with Gasteiger partial charge in [0.1, 0.15) is 0 Å². The molecule has 0 N–H and O–H groups in total. The molecule has 18 heavy (non-hydrogen) atoms. The van der Waals surface area contributed by atoms with Gasteiger partial charge in [0.25, 0.3) is 0 Å². The highest BCUT2D eigenvalue weighted by Gasteiger charge is 2.05. The molecule has 0 aliphatic heterocycles. The summed E-state index contributed by atoms with van der Waals surface area (Å²) in [6.45, 7) is 0.464. The molecule has 1 unspecified atom stereocenters. The van der Waals surface area contributed by atoms with Crippen LogP contribution in [0.3, 0.4) is 0 Å². The Balaban J connectivity index is 2.30. The fourth-order valence-corrected chi connectivity index (χ4v) is 1.87. The molecular weight excluding hydrogens is 250 g/mol. The van der Waals surface area contributed by atoms with E-state index < -0.39 is 10.8 Å². The van der Waals surface area contributed by atoms with E-state index in [2.05, 4.69) is 15.0 Å². The zero-order valence-corrected chi connectivity index (χ0v) is 11.0. The zero-order valence-electron chi connectivity index (χ0n) is 10.2. The third-order valence-corrected chi connectivity index (χ3v) is 3.01. The van der Waals surface area contributed by atoms with Crippen LogP contribution in [-0.2, 0) is 22.1 Å². The monoisotopic (exact) mass is 263 g/mol. The second-order valence-corrected chi connectivity index (χ2v) is 4.93. The van der Waals surface area contributed by atoms with Crippen LogP contribution in [0.15, 0.2) is 35.7 Å². The number of ether oxygens (including phenoxy) is 1. The van der Waals surface area contributed by atoms with Crippen LogP contribution in [0.2, 0.25) is 0 Å². The van der Waals surface area contributed by atoms with E-state index in [1.54, 1.807) is 25.8 Å². The van der Waals surface area contributed by atoms with Gasteiger partial charge in [-0.15, -0.1) is 0 Å². The third kappa shape index (κ3) is 2.96. The Kier molecular flexibility index (Phi) is 4.11. The highest BCUT2D eigenvalue weighted by molar-refractivity contribution is 7.84. The second kappa shape index (κ2) is 5.79. The topological polar surface area (TPSA) is 65.0 Å². The average Bonchev–Trinajstić information content (AvgIpc) is 2.39. The Labute approximate surface area is 108 Å². The number of hydrogen-bond acceptors (Lipinski definition) is 5. The maximum absolute atomic E-state index is 11.2. The predicted octanol–water partition coefficient (Wildman–Crippen LogP) is 1.42. The van der Waals surface area contributed by atoms with Gasteiger partial charge in [-0.05, 0) is 12.1 Å². The molecule has 0 radical (unpaired) electrons. The van der Waals surface area contributed by atoms with Crippen molar-refractivity contribution in [3.05, 3.63) is 36.3 Å². The van der Waals surface area contributed by atoms with E-state index in [9.17, 15) is 4.21 Å². The number of methoxy groups -OCH3 is 1. The summed E-state index contributed by atoms with van der Waals surface area (Å²) in [6.07, 6.45) is 4.80. The molecule has 0 aromatic carbocycles. The molecule has 0 fully saturated rings. The number of hydrogen-bond donors (Lipinski definition) is 0. The quantitative estimate of drug-likeness (QED) is 0.781. The van der Waals surface area contributed by atoms with Gasteiger partial charge in [0, 0.05) is 31.3 Å². The van der Waals surface area contributed by atoms with E-state index in [4.69, 9.17) is 4.74 Å². The summed E-state index contributed by atoms with van der Waals surface area (Å²) in [5, 5.41) is 0.326. The van der Waals surface area contributed by atoms with Crippen LogP contribution in [0.25, 0.3) is 11.3 Å². The molecular formula is C12H13N3O2S. The van der Waals surface area contributed by atoms with E-state index in [0.29, 0.717) is 11.8 Å². The van der Waals surface area contributed by atoms with Crippen molar-refractivity contribution in [3.8, 4) is 11.3 Å². The Hall–Kier alpha value is -1.66. The molecule has 2 heterocycles. The summed E-state index contributed by atoms with van der Waals surface area (Å²) in [6, 6.07) is 5.67. The molecule has 5 nitrogen and oxygen atoms in total. The lowest BCUT2D eigenvalue weighted by molar-refractivity contribution is 0.181. The summed E-state index contributed by atoms with van der Waals surface area (Å²) in [5.41, 5.74) is 2.42. The molecule has 6 heteroatoms. The lowest BCUT2D eigenvalue weighted by Gasteiger charge is -2.03. The fraction of sp³-hybridized carbons (Fsp3) is 0.250. The van der Waals surface area contributed by atoms with Crippen LogP contribution >= 0.6 is 0 Å². The van der Waals surface area contributed by atoms with Crippen molar-refractivity contribution in [2.24, 2.45) is 0 Å². The van der Waals surface area contributed by atoms with E-state index in [1.807, 2.05) is 18.2 Å². The van der Waals surface area contributed by atoms with Crippen LogP contribution < -0.4 is 0 Å². The van der Waals surface area contributed by atoms with Gasteiger partial charge in [0.05, 0.1) is 28.8 Å². The van der Waals surface area contributed by atoms with Gasteiger partial charge < -0.3 is 4.74 Å². The Bertz CT molecular complexity index is 558. The first-order valence-corrected chi connectivity index (χ1v) is 6.87. The minimum atomic E-state index is -1.16. The minimum Gasteiger partial charge on any atom is -0.378 e. The Morgan fingerprint density at radius 2 is 2.00 bits per heavy atom. The summed E-state index contributed by atoms with van der Waals surface area (Å²) < 4.78 is 16.2. The van der Waals surface area contributed by atoms with Gasteiger partial charge in [-0.25, -0.2) is 9.97 Å². The first kappa shape index (κ1) is 12.8. The zero-order chi connectivity index (χ0) is 13.0. The molecule has 0 saturated heterocycles. The van der Waals surface area contributed by atoms with Gasteiger partial charge >= 0.3 is 0 Å². The van der Waals surface area contributed by atoms with Crippen molar-refractivity contribution in [1.82, 2.24) is 15.0 Å². The van der Waals surface area contributed by atoms with Crippen LogP contribution in [0.1, 0.15) is 5.69 Å². The lowest BCUT2D eigenvalue weighted by atomic mass is 10.2.